The zero-order valence-corrected chi connectivity index (χ0v) is 34.4. The fourth-order valence-electron chi connectivity index (χ4n) is 4.54. The quantitative estimate of drug-likeness (QED) is 0.0752. The van der Waals surface area contributed by atoms with Gasteiger partial charge in [-0.3, -0.25) is 0 Å². The monoisotopic (exact) mass is 833 g/mol. The standard InChI is InChI=1S/2C15H16P.C9H17NO4.2ClH.Ru.H2/c2*1-2-13-16(14-9-5-3-6-10-14)15-11-7-4-8-12-15;1-6(7(11)13-5)10-8(12)14-9(2,3)4;;;;/h2*3-12H,1-2,13H2;6H,1-5H3,(H,10,12);2*1H;;1H/q2*-1;;;;+4;/t;;6-;;;;/m..0..../s1. The van der Waals surface area contributed by atoms with Gasteiger partial charge in [-0.1, -0.05) is 72.8 Å². The number of esters is 1. The molecule has 0 aliphatic heterocycles. The van der Waals surface area contributed by atoms with E-state index in [2.05, 4.69) is 145 Å². The second-order valence-electron chi connectivity index (χ2n) is 11.6. The molecule has 0 saturated carbocycles. The Balaban J connectivity index is 0.000000688. The molecule has 0 bridgehead atoms. The van der Waals surface area contributed by atoms with Gasteiger partial charge < -0.3 is 28.6 Å². The number of amides is 1. The van der Waals surface area contributed by atoms with Gasteiger partial charge in [-0.25, -0.2) is 9.59 Å². The maximum atomic E-state index is 11.1. The number of carbonyl (C=O) groups is 2. The first-order valence-corrected chi connectivity index (χ1v) is 23.8. The van der Waals surface area contributed by atoms with Crippen LogP contribution in [0.4, 0.5) is 4.79 Å². The number of halogens is 2. The van der Waals surface area contributed by atoms with E-state index in [0.29, 0.717) is 0 Å². The maximum absolute atomic E-state index is 11.1. The number of rotatable bonds is 10. The van der Waals surface area contributed by atoms with E-state index in [1.807, 2.05) is 0 Å². The van der Waals surface area contributed by atoms with Crippen LogP contribution in [0.25, 0.3) is 0 Å². The van der Waals surface area contributed by atoms with Crippen molar-refractivity contribution in [2.24, 2.45) is 0 Å². The molecule has 10 heteroatoms. The van der Waals surface area contributed by atoms with Crippen LogP contribution < -0.4 is 26.5 Å². The van der Waals surface area contributed by atoms with Crippen molar-refractivity contribution in [3.8, 4) is 0 Å². The van der Waals surface area contributed by atoms with Crippen LogP contribution in [0.1, 0.15) is 42.0 Å². The summed E-state index contributed by atoms with van der Waals surface area (Å²) in [7, 11) is 9.74. The summed E-state index contributed by atoms with van der Waals surface area (Å²) in [5.41, 5.74) is -0.570. The van der Waals surface area contributed by atoms with Crippen molar-refractivity contribution in [1.29, 1.82) is 0 Å². The second-order valence-corrected chi connectivity index (χ2v) is 19.4. The first kappa shape index (κ1) is 44.7. The number of alkyl carbamates (subject to hydrolysis) is 1. The molecule has 5 nitrogen and oxygen atoms in total. The first-order valence-electron chi connectivity index (χ1n) is 16.0. The van der Waals surface area contributed by atoms with Gasteiger partial charge in [0.1, 0.15) is 11.6 Å². The van der Waals surface area contributed by atoms with Gasteiger partial charge in [0.2, 0.25) is 0 Å². The second kappa shape index (κ2) is 26.5. The van der Waals surface area contributed by atoms with Crippen molar-refractivity contribution < 1.29 is 35.6 Å². The minimum atomic E-state index is -0.699. The van der Waals surface area contributed by atoms with E-state index in [1.54, 1.807) is 20.8 Å². The van der Waals surface area contributed by atoms with Crippen molar-refractivity contribution in [2.45, 2.75) is 52.2 Å². The van der Waals surface area contributed by atoms with E-state index < -0.39 is 39.5 Å². The fourth-order valence-corrected chi connectivity index (χ4v) is 9.45. The Morgan fingerprint density at radius 3 is 1.22 bits per heavy atom. The molecule has 0 fully saturated rings. The van der Waals surface area contributed by atoms with Gasteiger partial charge in [0.15, 0.2) is 0 Å². The molecule has 0 unspecified atom stereocenters. The molecule has 1 atom stereocenters. The number of nitrogens with one attached hydrogen (secondary N) is 1. The van der Waals surface area contributed by atoms with Gasteiger partial charge in [-0.15, -0.1) is 12.8 Å². The normalized spacial score (nSPS) is 11.0. The Labute approximate surface area is 314 Å². The summed E-state index contributed by atoms with van der Waals surface area (Å²) in [5, 5.41) is 8.30. The Kier molecular flexibility index (Phi) is 24.2. The molecule has 0 aliphatic carbocycles. The molecule has 4 rings (SSSR count). The average Bonchev–Trinajstić information content (AvgIpc) is 3.10. The summed E-state index contributed by atoms with van der Waals surface area (Å²) in [4.78, 5) is 22.1. The summed E-state index contributed by atoms with van der Waals surface area (Å²) < 4.78 is 9.38. The summed E-state index contributed by atoms with van der Waals surface area (Å²) in [6, 6.07) is 42.7. The smallest absolute Gasteiger partial charge is 0 e. The van der Waals surface area contributed by atoms with Crippen molar-refractivity contribution in [3.05, 3.63) is 135 Å². The molecule has 0 aromatic heterocycles. The molecular weight excluding hydrogens is 780 g/mol. The van der Waals surface area contributed by atoms with Crippen LogP contribution in [-0.4, -0.2) is 43.1 Å². The molecule has 0 radical (unpaired) electrons. The number of carbonyl (C=O) groups excluding carboxylic acids is 2. The van der Waals surface area contributed by atoms with Crippen LogP contribution in [0.15, 0.2) is 121 Å². The number of hydrogen-bond acceptors (Lipinski definition) is 4. The van der Waals surface area contributed by atoms with Gasteiger partial charge >= 0.3 is 46.6 Å². The van der Waals surface area contributed by atoms with E-state index >= 15 is 0 Å². The summed E-state index contributed by atoms with van der Waals surface area (Å²) in [6.07, 6.45) is 3.81. The van der Waals surface area contributed by atoms with Crippen LogP contribution in [0.3, 0.4) is 0 Å². The van der Waals surface area contributed by atoms with Crippen molar-refractivity contribution in [3.63, 3.8) is 0 Å². The van der Waals surface area contributed by atoms with Gasteiger partial charge in [0.05, 0.1) is 44.2 Å². The predicted octanol–water partition coefficient (Wildman–Crippen LogP) is 8.85. The van der Waals surface area contributed by atoms with Crippen LogP contribution in [0.2, 0.25) is 0 Å². The molecule has 4 aromatic rings. The average molecular weight is 834 g/mol. The van der Waals surface area contributed by atoms with E-state index in [9.17, 15) is 9.59 Å². The summed E-state index contributed by atoms with van der Waals surface area (Å²) in [6.45, 7) is 14.8. The number of hydrogen-bond donors (Lipinski definition) is 1. The molecule has 0 saturated heterocycles. The molecule has 1 amide bonds. The Morgan fingerprint density at radius 1 is 0.714 bits per heavy atom. The topological polar surface area (TPSA) is 64.6 Å². The summed E-state index contributed by atoms with van der Waals surface area (Å²) >= 11 is -0.346. The largest absolute Gasteiger partial charge is 0 e. The minimum absolute atomic E-state index is 0. The first-order chi connectivity index (χ1) is 23.5. The van der Waals surface area contributed by atoms with Crippen LogP contribution in [-0.2, 0) is 29.4 Å². The third-order valence-corrected chi connectivity index (χ3v) is 12.5. The number of methoxy groups -OCH3 is 1. The fraction of sp³-hybridized carbons (Fsp3) is 0.282. The van der Waals surface area contributed by atoms with Gasteiger partial charge in [0, 0.05) is 13.8 Å². The zero-order valence-electron chi connectivity index (χ0n) is 29.1. The molecule has 0 spiro atoms. The molecule has 268 valence electrons. The maximum Gasteiger partial charge on any atom is 0 e. The Hall–Kier alpha value is -2.32. The van der Waals surface area contributed by atoms with Gasteiger partial charge in [-0.05, 0) is 76.2 Å². The third kappa shape index (κ3) is 19.6. The summed E-state index contributed by atoms with van der Waals surface area (Å²) in [5.74, 6) is -0.504. The van der Waals surface area contributed by atoms with E-state index in [-0.39, 0.29) is 16.6 Å². The molecular formula is C39H53Cl2NO4P2Ru+2. The van der Waals surface area contributed by atoms with Crippen molar-refractivity contribution >= 4 is 68.5 Å². The molecule has 0 aliphatic rings. The van der Waals surface area contributed by atoms with Crippen LogP contribution in [0.5, 0.6) is 0 Å². The van der Waals surface area contributed by atoms with Gasteiger partial charge in [-0.2, -0.15) is 0 Å². The van der Waals surface area contributed by atoms with Crippen LogP contribution >= 0.6 is 35.2 Å². The minimum Gasteiger partial charge on any atom is 0 e. The molecule has 1 N–H and O–H groups in total. The van der Waals surface area contributed by atoms with E-state index in [4.69, 9.17) is 24.1 Å². The van der Waals surface area contributed by atoms with E-state index in [0.717, 1.165) is 12.8 Å². The van der Waals surface area contributed by atoms with Crippen molar-refractivity contribution in [2.75, 3.05) is 19.4 Å². The number of ether oxygens (including phenoxy) is 2. The third-order valence-electron chi connectivity index (χ3n) is 6.63. The van der Waals surface area contributed by atoms with Gasteiger partial charge in [0.25, 0.3) is 0 Å². The zero-order chi connectivity index (χ0) is 36.5. The van der Waals surface area contributed by atoms with Crippen LogP contribution in [0, 0.1) is 13.8 Å². The Bertz CT molecular complexity index is 1260. The SMILES string of the molecule is COC(=O)[C@H](C)NC(=O)OC(C)(C)C.[CH2-]CC[PH+](c1ccccc1)c1ccccc1.[CH2-]CC[PH+](c1ccccc1)c1ccccc1.[Cl][Ru+2][Cl].[HH]. The molecule has 0 heterocycles. The van der Waals surface area contributed by atoms with E-state index in [1.165, 1.54) is 47.6 Å². The Morgan fingerprint density at radius 2 is 1.00 bits per heavy atom. The molecule has 4 aromatic carbocycles. The predicted molar refractivity (Wildman–Crippen MR) is 215 cm³/mol. The molecule has 49 heavy (non-hydrogen) atoms. The van der Waals surface area contributed by atoms with Crippen molar-refractivity contribution in [1.82, 2.24) is 5.32 Å². The number of benzene rings is 4.